The van der Waals surface area contributed by atoms with Gasteiger partial charge in [0.25, 0.3) is 5.91 Å². The van der Waals surface area contributed by atoms with Gasteiger partial charge in [0, 0.05) is 16.9 Å². The molecule has 0 aromatic heterocycles. The Labute approximate surface area is 147 Å². The Kier molecular flexibility index (Phi) is 4.51. The number of fused-ring (bicyclic) bond motifs is 1. The fourth-order valence-electron chi connectivity index (χ4n) is 3.23. The van der Waals surface area contributed by atoms with Crippen molar-refractivity contribution in [2.75, 3.05) is 16.4 Å². The molecule has 5 nitrogen and oxygen atoms in total. The predicted octanol–water partition coefficient (Wildman–Crippen LogP) is 2.56. The zero-order chi connectivity index (χ0) is 17.6. The van der Waals surface area contributed by atoms with Gasteiger partial charge in [-0.1, -0.05) is 43.8 Å². The van der Waals surface area contributed by atoms with Gasteiger partial charge in [0.1, 0.15) is 0 Å². The predicted molar refractivity (Wildman–Crippen MR) is 99.5 cm³/mol. The molecule has 24 heavy (non-hydrogen) atoms. The second-order valence-corrected chi connectivity index (χ2v) is 10.2. The van der Waals surface area contributed by atoms with Crippen LogP contribution in [0.4, 0.5) is 5.69 Å². The molecule has 0 unspecified atom stereocenters. The van der Waals surface area contributed by atoms with Crippen LogP contribution in [0.1, 0.15) is 25.0 Å². The van der Waals surface area contributed by atoms with Crippen LogP contribution in [0.5, 0.6) is 0 Å². The molecule has 0 radical (unpaired) electrons. The van der Waals surface area contributed by atoms with Crippen molar-refractivity contribution in [1.82, 2.24) is 0 Å². The summed E-state index contributed by atoms with van der Waals surface area (Å²) in [6.45, 7) is 7.65. The van der Waals surface area contributed by atoms with E-state index in [-0.39, 0.29) is 34.6 Å². The van der Waals surface area contributed by atoms with Crippen LogP contribution in [0.15, 0.2) is 23.2 Å². The lowest BCUT2D eigenvalue weighted by Crippen LogP contribution is -2.38. The molecule has 130 valence electrons. The average Bonchev–Trinajstić information content (AvgIpc) is 2.91. The number of aryl methyl sites for hydroxylation is 2. The third-order valence-electron chi connectivity index (χ3n) is 4.45. The number of nitrogens with zero attached hydrogens (tertiary/aromatic N) is 2. The van der Waals surface area contributed by atoms with E-state index in [1.54, 1.807) is 0 Å². The number of hydrogen-bond donors (Lipinski definition) is 0. The van der Waals surface area contributed by atoms with Crippen molar-refractivity contribution in [2.24, 2.45) is 10.9 Å². The van der Waals surface area contributed by atoms with Gasteiger partial charge in [0.05, 0.1) is 17.5 Å². The minimum Gasteiger partial charge on any atom is -0.315 e. The first-order valence-corrected chi connectivity index (χ1v) is 10.7. The van der Waals surface area contributed by atoms with E-state index < -0.39 is 9.84 Å². The highest BCUT2D eigenvalue weighted by atomic mass is 32.2. The molecule has 2 heterocycles. The lowest BCUT2D eigenvalue weighted by molar-refractivity contribution is -0.120. The molecule has 1 aromatic rings. The molecule has 0 spiro atoms. The van der Waals surface area contributed by atoms with E-state index in [4.69, 9.17) is 0 Å². The quantitative estimate of drug-likeness (QED) is 0.805. The summed E-state index contributed by atoms with van der Waals surface area (Å²) >= 11 is 1.43. The average molecular weight is 367 g/mol. The molecule has 0 N–H and O–H groups in total. The Bertz CT molecular complexity index is 795. The van der Waals surface area contributed by atoms with E-state index in [9.17, 15) is 13.2 Å². The number of sulfone groups is 1. The van der Waals surface area contributed by atoms with Crippen molar-refractivity contribution in [3.8, 4) is 0 Å². The Morgan fingerprint density at radius 1 is 1.25 bits per heavy atom. The van der Waals surface area contributed by atoms with E-state index in [1.165, 1.54) is 11.8 Å². The van der Waals surface area contributed by atoms with Gasteiger partial charge in [-0.25, -0.2) is 8.42 Å². The molecule has 3 rings (SSSR count). The van der Waals surface area contributed by atoms with Crippen LogP contribution in [0.25, 0.3) is 0 Å². The first-order valence-electron chi connectivity index (χ1n) is 8.04. The van der Waals surface area contributed by atoms with E-state index >= 15 is 0 Å². The first-order chi connectivity index (χ1) is 11.2. The first kappa shape index (κ1) is 17.5. The molecule has 0 bridgehead atoms. The molecule has 2 aliphatic heterocycles. The number of rotatable bonds is 2. The molecule has 0 aliphatic carbocycles. The third kappa shape index (κ3) is 3.11. The normalized spacial score (nSPS) is 27.0. The summed E-state index contributed by atoms with van der Waals surface area (Å²) in [6, 6.07) is 5.84. The number of amides is 1. The van der Waals surface area contributed by atoms with Gasteiger partial charge >= 0.3 is 0 Å². The highest BCUT2D eigenvalue weighted by molar-refractivity contribution is 8.16. The van der Waals surface area contributed by atoms with E-state index in [0.717, 1.165) is 16.8 Å². The van der Waals surface area contributed by atoms with Gasteiger partial charge in [-0.3, -0.25) is 4.79 Å². The molecule has 1 amide bonds. The fourth-order valence-corrected chi connectivity index (χ4v) is 7.14. The van der Waals surface area contributed by atoms with Gasteiger partial charge in [0.15, 0.2) is 15.0 Å². The van der Waals surface area contributed by atoms with Crippen LogP contribution in [0, 0.1) is 19.8 Å². The minimum absolute atomic E-state index is 0.0623. The summed E-state index contributed by atoms with van der Waals surface area (Å²) in [4.78, 5) is 18.5. The number of carbonyl (C=O) groups excluding carboxylic acids is 1. The van der Waals surface area contributed by atoms with Crippen LogP contribution in [-0.2, 0) is 14.6 Å². The second kappa shape index (κ2) is 6.19. The standard InChI is InChI=1S/C17H22N2O3S2/c1-10(2)16(20)18-17-19(15-11(3)6-5-7-12(15)4)13-8-24(21,22)9-14(13)23-17/h5-7,10,13-14H,8-9H2,1-4H3/t13-,14+/m0/s1. The van der Waals surface area contributed by atoms with Crippen LogP contribution in [0.2, 0.25) is 0 Å². The fraction of sp³-hybridized carbons (Fsp3) is 0.529. The van der Waals surface area contributed by atoms with E-state index in [0.29, 0.717) is 5.17 Å². The molecule has 1 aromatic carbocycles. The highest BCUT2D eigenvalue weighted by Crippen LogP contribution is 2.43. The summed E-state index contributed by atoms with van der Waals surface area (Å²) in [6.07, 6.45) is 0. The maximum absolute atomic E-state index is 12.1. The molecule has 2 saturated heterocycles. The number of para-hydroxylation sites is 1. The van der Waals surface area contributed by atoms with Gasteiger partial charge in [-0.15, -0.1) is 0 Å². The zero-order valence-electron chi connectivity index (χ0n) is 14.3. The monoisotopic (exact) mass is 366 g/mol. The van der Waals surface area contributed by atoms with Crippen molar-refractivity contribution >= 4 is 38.4 Å². The third-order valence-corrected chi connectivity index (χ3v) is 7.66. The molecular weight excluding hydrogens is 344 g/mol. The summed E-state index contributed by atoms with van der Waals surface area (Å²) in [5, 5.41) is 0.573. The maximum Gasteiger partial charge on any atom is 0.250 e. The van der Waals surface area contributed by atoms with Gasteiger partial charge in [-0.2, -0.15) is 4.99 Å². The zero-order valence-corrected chi connectivity index (χ0v) is 15.9. The number of hydrogen-bond acceptors (Lipinski definition) is 4. The van der Waals surface area contributed by atoms with E-state index in [1.807, 2.05) is 50.8 Å². The van der Waals surface area contributed by atoms with Crippen molar-refractivity contribution in [2.45, 2.75) is 39.0 Å². The molecule has 2 aliphatic rings. The molecule has 0 saturated carbocycles. The summed E-state index contributed by atoms with van der Waals surface area (Å²) in [5.41, 5.74) is 3.10. The number of carbonyl (C=O) groups is 1. The van der Waals surface area contributed by atoms with Crippen molar-refractivity contribution in [3.05, 3.63) is 29.3 Å². The van der Waals surface area contributed by atoms with Crippen LogP contribution < -0.4 is 4.90 Å². The van der Waals surface area contributed by atoms with Crippen molar-refractivity contribution in [1.29, 1.82) is 0 Å². The largest absolute Gasteiger partial charge is 0.315 e. The summed E-state index contributed by atoms with van der Waals surface area (Å²) < 4.78 is 24.2. The lowest BCUT2D eigenvalue weighted by atomic mass is 10.1. The Hall–Kier alpha value is -1.34. The Morgan fingerprint density at radius 3 is 2.46 bits per heavy atom. The van der Waals surface area contributed by atoms with Gasteiger partial charge in [-0.05, 0) is 25.0 Å². The minimum atomic E-state index is -3.04. The highest BCUT2D eigenvalue weighted by Gasteiger charge is 2.49. The number of amidine groups is 1. The Morgan fingerprint density at radius 2 is 1.88 bits per heavy atom. The molecule has 2 atom stereocenters. The topological polar surface area (TPSA) is 66.8 Å². The smallest absolute Gasteiger partial charge is 0.250 e. The molecule has 7 heteroatoms. The van der Waals surface area contributed by atoms with Crippen LogP contribution in [-0.4, -0.2) is 42.3 Å². The SMILES string of the molecule is Cc1cccc(C)c1N1C(=NC(=O)C(C)C)S[C@@H]2CS(=O)(=O)C[C@@H]21. The second-order valence-electron chi connectivity index (χ2n) is 6.80. The number of anilines is 1. The van der Waals surface area contributed by atoms with Gasteiger partial charge < -0.3 is 4.90 Å². The Balaban J connectivity index is 2.10. The van der Waals surface area contributed by atoms with Crippen molar-refractivity contribution < 1.29 is 13.2 Å². The number of benzene rings is 1. The van der Waals surface area contributed by atoms with Crippen molar-refractivity contribution in [3.63, 3.8) is 0 Å². The summed E-state index contributed by atoms with van der Waals surface area (Å²) in [7, 11) is -3.04. The summed E-state index contributed by atoms with van der Waals surface area (Å²) in [5.74, 6) is -0.0786. The van der Waals surface area contributed by atoms with Gasteiger partial charge in [0.2, 0.25) is 0 Å². The molecule has 2 fully saturated rings. The lowest BCUT2D eigenvalue weighted by Gasteiger charge is -2.28. The van der Waals surface area contributed by atoms with E-state index in [2.05, 4.69) is 4.99 Å². The van der Waals surface area contributed by atoms with Crippen LogP contribution in [0.3, 0.4) is 0 Å². The maximum atomic E-state index is 12.1. The molecular formula is C17H22N2O3S2. The number of thioether (sulfide) groups is 1. The number of aliphatic imine (C=N–C) groups is 1. The van der Waals surface area contributed by atoms with Crippen LogP contribution >= 0.6 is 11.8 Å².